The van der Waals surface area contributed by atoms with Crippen molar-refractivity contribution in [2.45, 2.75) is 57.2 Å². The predicted octanol–water partition coefficient (Wildman–Crippen LogP) is 2.29. The minimum Gasteiger partial charge on any atom is -0.395 e. The maximum absolute atomic E-state index is 12.2. The van der Waals surface area contributed by atoms with Crippen molar-refractivity contribution in [3.05, 3.63) is 0 Å². The van der Waals surface area contributed by atoms with Crippen LogP contribution >= 0.6 is 0 Å². The number of aliphatic hydroxyl groups excluding tert-OH is 1. The first kappa shape index (κ1) is 17.7. The van der Waals surface area contributed by atoms with Gasteiger partial charge in [0.2, 0.25) is 10.0 Å². The fraction of sp³-hybridized carbons (Fsp3) is 1.00. The Bertz CT molecular complexity index is 378. The van der Waals surface area contributed by atoms with E-state index in [9.17, 15) is 21.6 Å². The molecule has 0 aromatic heterocycles. The van der Waals surface area contributed by atoms with Crippen molar-refractivity contribution >= 4 is 10.0 Å². The number of aliphatic hydroxyl groups is 1. The van der Waals surface area contributed by atoms with Crippen molar-refractivity contribution in [3.63, 3.8) is 0 Å². The quantitative estimate of drug-likeness (QED) is 0.784. The Morgan fingerprint density at radius 2 is 1.75 bits per heavy atom. The molecule has 0 amide bonds. The SMILES string of the molecule is O=S(=O)(CCCC(F)(F)F)N(CCO)C1CCCCC1. The molecule has 0 heterocycles. The lowest BCUT2D eigenvalue weighted by Crippen LogP contribution is -2.44. The van der Waals surface area contributed by atoms with E-state index >= 15 is 0 Å². The molecular weight excluding hydrogens is 295 g/mol. The van der Waals surface area contributed by atoms with Crippen LogP contribution in [0.4, 0.5) is 13.2 Å². The van der Waals surface area contributed by atoms with Crippen LogP contribution in [0.25, 0.3) is 0 Å². The number of hydrogen-bond acceptors (Lipinski definition) is 3. The van der Waals surface area contributed by atoms with Crippen molar-refractivity contribution in [2.75, 3.05) is 18.9 Å². The molecule has 1 saturated carbocycles. The Morgan fingerprint density at radius 3 is 2.25 bits per heavy atom. The normalized spacial score (nSPS) is 18.6. The van der Waals surface area contributed by atoms with E-state index in [1.54, 1.807) is 0 Å². The number of nitrogens with zero attached hydrogens (tertiary/aromatic N) is 1. The molecule has 8 heteroatoms. The maximum Gasteiger partial charge on any atom is 0.389 e. The number of alkyl halides is 3. The Balaban J connectivity index is 2.63. The number of hydrogen-bond donors (Lipinski definition) is 1. The minimum atomic E-state index is -4.33. The Kier molecular flexibility index (Phi) is 6.74. The van der Waals surface area contributed by atoms with Crippen molar-refractivity contribution in [1.82, 2.24) is 4.31 Å². The van der Waals surface area contributed by atoms with Crippen LogP contribution in [0.1, 0.15) is 44.9 Å². The summed E-state index contributed by atoms with van der Waals surface area (Å²) >= 11 is 0. The molecule has 1 aliphatic carbocycles. The molecule has 0 spiro atoms. The van der Waals surface area contributed by atoms with Crippen LogP contribution in [-0.2, 0) is 10.0 Å². The molecule has 0 saturated heterocycles. The molecule has 1 fully saturated rings. The molecule has 0 unspecified atom stereocenters. The number of rotatable bonds is 7. The third-order valence-corrected chi connectivity index (χ3v) is 5.52. The second-order valence-corrected chi connectivity index (χ2v) is 7.20. The molecule has 1 aliphatic rings. The summed E-state index contributed by atoms with van der Waals surface area (Å²) in [4.78, 5) is 0. The highest BCUT2D eigenvalue weighted by Gasteiger charge is 2.32. The van der Waals surface area contributed by atoms with E-state index in [4.69, 9.17) is 5.11 Å². The highest BCUT2D eigenvalue weighted by Crippen LogP contribution is 2.26. The summed E-state index contributed by atoms with van der Waals surface area (Å²) in [5.41, 5.74) is 0. The first-order chi connectivity index (χ1) is 9.26. The molecule has 0 aromatic rings. The second-order valence-electron chi connectivity index (χ2n) is 5.16. The highest BCUT2D eigenvalue weighted by molar-refractivity contribution is 7.89. The Labute approximate surface area is 118 Å². The zero-order valence-electron chi connectivity index (χ0n) is 11.4. The van der Waals surface area contributed by atoms with Gasteiger partial charge in [0.15, 0.2) is 0 Å². The summed E-state index contributed by atoms with van der Waals surface area (Å²) in [5, 5.41) is 9.00. The summed E-state index contributed by atoms with van der Waals surface area (Å²) < 4.78 is 61.8. The van der Waals surface area contributed by atoms with Gasteiger partial charge in [-0.15, -0.1) is 0 Å². The smallest absolute Gasteiger partial charge is 0.389 e. The van der Waals surface area contributed by atoms with Gasteiger partial charge in [-0.05, 0) is 19.3 Å². The van der Waals surface area contributed by atoms with E-state index in [2.05, 4.69) is 0 Å². The lowest BCUT2D eigenvalue weighted by Gasteiger charge is -2.33. The van der Waals surface area contributed by atoms with Gasteiger partial charge in [0.1, 0.15) is 0 Å². The largest absolute Gasteiger partial charge is 0.395 e. The average molecular weight is 317 g/mol. The summed E-state index contributed by atoms with van der Waals surface area (Å²) in [6.45, 7) is -0.339. The standard InChI is InChI=1S/C12H22F3NO3S/c13-12(14,15)7-4-10-20(18,19)16(8-9-17)11-5-2-1-3-6-11/h11,17H,1-10H2. The maximum atomic E-state index is 12.2. The minimum absolute atomic E-state index is 0.0288. The molecule has 0 aromatic carbocycles. The van der Waals surface area contributed by atoms with Gasteiger partial charge in [-0.3, -0.25) is 0 Å². The van der Waals surface area contributed by atoms with Crippen molar-refractivity contribution in [2.24, 2.45) is 0 Å². The third-order valence-electron chi connectivity index (χ3n) is 3.52. The van der Waals surface area contributed by atoms with Crippen LogP contribution in [0, 0.1) is 0 Å². The molecule has 20 heavy (non-hydrogen) atoms. The van der Waals surface area contributed by atoms with E-state index in [-0.39, 0.29) is 19.2 Å². The summed E-state index contributed by atoms with van der Waals surface area (Å²) in [5.74, 6) is -0.511. The molecule has 0 bridgehead atoms. The number of halogens is 3. The van der Waals surface area contributed by atoms with Gasteiger partial charge in [0.05, 0.1) is 12.4 Å². The van der Waals surface area contributed by atoms with Gasteiger partial charge in [0, 0.05) is 19.0 Å². The fourth-order valence-electron chi connectivity index (χ4n) is 2.59. The highest BCUT2D eigenvalue weighted by atomic mass is 32.2. The molecule has 0 atom stereocenters. The van der Waals surface area contributed by atoms with Crippen LogP contribution in [0.2, 0.25) is 0 Å². The van der Waals surface area contributed by atoms with Crippen LogP contribution in [0.5, 0.6) is 0 Å². The zero-order chi connectivity index (χ0) is 15.2. The van der Waals surface area contributed by atoms with Crippen molar-refractivity contribution in [3.8, 4) is 0 Å². The van der Waals surface area contributed by atoms with Gasteiger partial charge in [-0.2, -0.15) is 17.5 Å². The van der Waals surface area contributed by atoms with E-state index in [0.717, 1.165) is 32.1 Å². The van der Waals surface area contributed by atoms with Gasteiger partial charge in [-0.25, -0.2) is 8.42 Å². The predicted molar refractivity (Wildman–Crippen MR) is 69.7 cm³/mol. The monoisotopic (exact) mass is 317 g/mol. The van der Waals surface area contributed by atoms with E-state index in [1.807, 2.05) is 0 Å². The molecule has 4 nitrogen and oxygen atoms in total. The number of sulfonamides is 1. The zero-order valence-corrected chi connectivity index (χ0v) is 12.2. The lowest BCUT2D eigenvalue weighted by atomic mass is 9.95. The van der Waals surface area contributed by atoms with Crippen molar-refractivity contribution in [1.29, 1.82) is 0 Å². The van der Waals surface area contributed by atoms with Crippen LogP contribution in [0.3, 0.4) is 0 Å². The summed E-state index contributed by atoms with van der Waals surface area (Å²) in [6, 6.07) is -0.174. The second kappa shape index (κ2) is 7.61. The third kappa shape index (κ3) is 5.97. The van der Waals surface area contributed by atoms with E-state index in [0.29, 0.717) is 0 Å². The summed E-state index contributed by atoms with van der Waals surface area (Å²) in [6.07, 6.45) is -1.52. The van der Waals surface area contributed by atoms with Crippen molar-refractivity contribution < 1.29 is 26.7 Å². The summed E-state index contributed by atoms with van der Waals surface area (Å²) in [7, 11) is -3.73. The molecule has 1 rings (SSSR count). The fourth-order valence-corrected chi connectivity index (χ4v) is 4.36. The van der Waals surface area contributed by atoms with Crippen LogP contribution < -0.4 is 0 Å². The van der Waals surface area contributed by atoms with E-state index < -0.39 is 34.8 Å². The van der Waals surface area contributed by atoms with Gasteiger partial charge < -0.3 is 5.11 Å². The Morgan fingerprint density at radius 1 is 1.15 bits per heavy atom. The first-order valence-electron chi connectivity index (χ1n) is 6.93. The van der Waals surface area contributed by atoms with Gasteiger partial charge >= 0.3 is 6.18 Å². The topological polar surface area (TPSA) is 57.6 Å². The Hall–Kier alpha value is -0.340. The van der Waals surface area contributed by atoms with Crippen LogP contribution in [0.15, 0.2) is 0 Å². The first-order valence-corrected chi connectivity index (χ1v) is 8.54. The molecule has 0 radical (unpaired) electrons. The average Bonchev–Trinajstić information content (AvgIpc) is 2.35. The molecule has 1 N–H and O–H groups in total. The lowest BCUT2D eigenvalue weighted by molar-refractivity contribution is -0.134. The molecular formula is C12H22F3NO3S. The van der Waals surface area contributed by atoms with Gasteiger partial charge in [-0.1, -0.05) is 19.3 Å². The van der Waals surface area contributed by atoms with Gasteiger partial charge in [0.25, 0.3) is 0 Å². The molecule has 0 aliphatic heterocycles. The van der Waals surface area contributed by atoms with Crippen LogP contribution in [-0.4, -0.2) is 49.0 Å². The molecule has 120 valence electrons. The van der Waals surface area contributed by atoms with E-state index in [1.165, 1.54) is 4.31 Å².